The Kier molecular flexibility index (Phi) is 4.09. The van der Waals surface area contributed by atoms with Crippen molar-refractivity contribution in [3.8, 4) is 28.3 Å². The van der Waals surface area contributed by atoms with Gasteiger partial charge in [0.2, 0.25) is 0 Å². The molecule has 0 aliphatic heterocycles. The molecule has 2 aromatic heterocycles. The number of hydrogen-bond acceptors (Lipinski definition) is 4. The first-order valence-corrected chi connectivity index (χ1v) is 9.17. The minimum absolute atomic E-state index is 0.558. The summed E-state index contributed by atoms with van der Waals surface area (Å²) >= 11 is 1.54. The number of nitrogens with zero attached hydrogens (tertiary/aromatic N) is 2. The maximum Gasteiger partial charge on any atom is 0.195 e. The number of rotatable bonds is 4. The molecule has 4 aromatic rings. The lowest BCUT2D eigenvalue weighted by atomic mass is 10.0. The molecule has 0 atom stereocenters. The maximum atomic E-state index is 11.9. The van der Waals surface area contributed by atoms with Gasteiger partial charge in [0.1, 0.15) is 17.1 Å². The molecule has 0 bridgehead atoms. The Morgan fingerprint density at radius 1 is 1.08 bits per heavy atom. The number of carbonyl (C=O) groups excluding carboxylic acids is 1. The molecule has 5 heteroatoms. The van der Waals surface area contributed by atoms with E-state index in [9.17, 15) is 4.79 Å². The Balaban J connectivity index is 1.94. The molecule has 2 aromatic carbocycles. The number of thiazole rings is 1. The Morgan fingerprint density at radius 2 is 1.92 bits per heavy atom. The van der Waals surface area contributed by atoms with Crippen LogP contribution in [0, 0.1) is 13.8 Å². The van der Waals surface area contributed by atoms with Crippen LogP contribution in [0.4, 0.5) is 0 Å². The van der Waals surface area contributed by atoms with Crippen LogP contribution in [0.15, 0.2) is 47.8 Å². The van der Waals surface area contributed by atoms with Gasteiger partial charge in [-0.25, -0.2) is 4.98 Å². The fourth-order valence-electron chi connectivity index (χ4n) is 3.07. The zero-order valence-electron chi connectivity index (χ0n) is 14.8. The highest BCUT2D eigenvalue weighted by atomic mass is 32.1. The summed E-state index contributed by atoms with van der Waals surface area (Å²) in [6.07, 6.45) is 0.881. The van der Waals surface area contributed by atoms with E-state index in [-0.39, 0.29) is 0 Å². The highest BCUT2D eigenvalue weighted by Crippen LogP contribution is 2.33. The molecule has 26 heavy (non-hydrogen) atoms. The molecule has 0 spiro atoms. The molecule has 0 saturated carbocycles. The summed E-state index contributed by atoms with van der Waals surface area (Å²) in [5, 5.41) is 2.05. The quantitative estimate of drug-likeness (QED) is 0.471. The highest BCUT2D eigenvalue weighted by molar-refractivity contribution is 7.15. The number of aryl methyl sites for hydroxylation is 2. The van der Waals surface area contributed by atoms with Crippen LogP contribution in [0.5, 0.6) is 5.75 Å². The number of hydrogen-bond donors (Lipinski definition) is 0. The van der Waals surface area contributed by atoms with Gasteiger partial charge in [0.05, 0.1) is 12.8 Å². The number of benzene rings is 2. The second kappa shape index (κ2) is 6.42. The van der Waals surface area contributed by atoms with E-state index in [0.29, 0.717) is 11.4 Å². The monoisotopic (exact) mass is 362 g/mol. The summed E-state index contributed by atoms with van der Waals surface area (Å²) in [6.45, 7) is 4.19. The molecule has 2 heterocycles. The van der Waals surface area contributed by atoms with Gasteiger partial charge in [0, 0.05) is 10.9 Å². The molecule has 0 unspecified atom stereocenters. The van der Waals surface area contributed by atoms with E-state index in [1.54, 1.807) is 7.11 Å². The molecule has 0 fully saturated rings. The number of imidazole rings is 1. The fourth-order valence-corrected chi connectivity index (χ4v) is 3.98. The normalized spacial score (nSPS) is 11.0. The van der Waals surface area contributed by atoms with Crippen LogP contribution in [-0.2, 0) is 0 Å². The van der Waals surface area contributed by atoms with Crippen LogP contribution < -0.4 is 4.74 Å². The predicted octanol–water partition coefficient (Wildman–Crippen LogP) is 5.17. The standard InChI is InChI=1S/C21H18N2O2S/c1-13-7-8-15(9-14(13)2)19-12-26-21-22-20(18(11-24)23(19)21)16-5-4-6-17(10-16)25-3/h4-12H,1-3H3. The van der Waals surface area contributed by atoms with Gasteiger partial charge < -0.3 is 4.74 Å². The molecule has 0 aliphatic carbocycles. The van der Waals surface area contributed by atoms with Crippen molar-refractivity contribution >= 4 is 22.6 Å². The summed E-state index contributed by atoms with van der Waals surface area (Å²) in [4.78, 5) is 17.5. The third-order valence-electron chi connectivity index (χ3n) is 4.66. The van der Waals surface area contributed by atoms with Crippen LogP contribution >= 0.6 is 11.3 Å². The number of methoxy groups -OCH3 is 1. The molecule has 4 nitrogen and oxygen atoms in total. The van der Waals surface area contributed by atoms with Crippen LogP contribution in [0.1, 0.15) is 21.6 Å². The van der Waals surface area contributed by atoms with Gasteiger partial charge in [-0.05, 0) is 48.7 Å². The predicted molar refractivity (Wildman–Crippen MR) is 105 cm³/mol. The van der Waals surface area contributed by atoms with Gasteiger partial charge in [-0.2, -0.15) is 0 Å². The lowest BCUT2D eigenvalue weighted by molar-refractivity contribution is 0.111. The van der Waals surface area contributed by atoms with Gasteiger partial charge in [-0.15, -0.1) is 11.3 Å². The van der Waals surface area contributed by atoms with Gasteiger partial charge in [-0.1, -0.05) is 24.3 Å². The number of aldehydes is 1. The van der Waals surface area contributed by atoms with Gasteiger partial charge in [-0.3, -0.25) is 9.20 Å². The van der Waals surface area contributed by atoms with E-state index in [1.165, 1.54) is 22.5 Å². The molecule has 0 saturated heterocycles. The summed E-state index contributed by atoms with van der Waals surface area (Å²) in [5.74, 6) is 0.741. The second-order valence-electron chi connectivity index (χ2n) is 6.23. The van der Waals surface area contributed by atoms with Crippen molar-refractivity contribution in [1.82, 2.24) is 9.38 Å². The van der Waals surface area contributed by atoms with Crippen LogP contribution in [0.3, 0.4) is 0 Å². The van der Waals surface area contributed by atoms with Crippen LogP contribution in [-0.4, -0.2) is 22.8 Å². The number of aromatic nitrogens is 2. The maximum absolute atomic E-state index is 11.9. The number of ether oxygens (including phenoxy) is 1. The molecule has 0 radical (unpaired) electrons. The van der Waals surface area contributed by atoms with E-state index < -0.39 is 0 Å². The molecule has 0 N–H and O–H groups in total. The first-order valence-electron chi connectivity index (χ1n) is 8.29. The van der Waals surface area contributed by atoms with Crippen molar-refractivity contribution in [2.75, 3.05) is 7.11 Å². The number of carbonyl (C=O) groups is 1. The SMILES string of the molecule is COc1cccc(-c2nc3scc(-c4ccc(C)c(C)c4)n3c2C=O)c1. The Morgan fingerprint density at radius 3 is 2.65 bits per heavy atom. The van der Waals surface area contributed by atoms with Crippen molar-refractivity contribution in [3.63, 3.8) is 0 Å². The minimum atomic E-state index is 0.558. The van der Waals surface area contributed by atoms with Crippen LogP contribution in [0.2, 0.25) is 0 Å². The second-order valence-corrected chi connectivity index (χ2v) is 7.07. The zero-order chi connectivity index (χ0) is 18.3. The third kappa shape index (κ3) is 2.61. The van der Waals surface area contributed by atoms with E-state index >= 15 is 0 Å². The van der Waals surface area contributed by atoms with E-state index in [4.69, 9.17) is 9.72 Å². The topological polar surface area (TPSA) is 43.6 Å². The van der Waals surface area contributed by atoms with Crippen molar-refractivity contribution in [1.29, 1.82) is 0 Å². The largest absolute Gasteiger partial charge is 0.497 e. The molecule has 0 amide bonds. The zero-order valence-corrected chi connectivity index (χ0v) is 15.6. The third-order valence-corrected chi connectivity index (χ3v) is 5.48. The van der Waals surface area contributed by atoms with E-state index in [0.717, 1.165) is 33.8 Å². The first kappa shape index (κ1) is 16.5. The molecule has 130 valence electrons. The molecular weight excluding hydrogens is 344 g/mol. The summed E-state index contributed by atoms with van der Waals surface area (Å²) < 4.78 is 7.24. The number of fused-ring (bicyclic) bond motifs is 1. The van der Waals surface area contributed by atoms with Crippen LogP contribution in [0.25, 0.3) is 27.5 Å². The lowest BCUT2D eigenvalue weighted by Crippen LogP contribution is -1.95. The van der Waals surface area contributed by atoms with Gasteiger partial charge in [0.15, 0.2) is 11.2 Å². The first-order chi connectivity index (χ1) is 12.6. The fraction of sp³-hybridized carbons (Fsp3) is 0.143. The molecule has 4 rings (SSSR count). The average Bonchev–Trinajstić information content (AvgIpc) is 3.23. The van der Waals surface area contributed by atoms with E-state index in [1.807, 2.05) is 28.7 Å². The minimum Gasteiger partial charge on any atom is -0.497 e. The van der Waals surface area contributed by atoms with Crippen molar-refractivity contribution < 1.29 is 9.53 Å². The smallest absolute Gasteiger partial charge is 0.195 e. The molecule has 0 aliphatic rings. The lowest BCUT2D eigenvalue weighted by Gasteiger charge is -2.06. The van der Waals surface area contributed by atoms with E-state index in [2.05, 4.69) is 37.4 Å². The van der Waals surface area contributed by atoms with Gasteiger partial charge in [0.25, 0.3) is 0 Å². The summed E-state index contributed by atoms with van der Waals surface area (Å²) in [5.41, 5.74) is 6.64. The van der Waals surface area contributed by atoms with Crippen molar-refractivity contribution in [3.05, 3.63) is 64.7 Å². The molecular formula is C21H18N2O2S. The average molecular weight is 362 g/mol. The van der Waals surface area contributed by atoms with Crippen molar-refractivity contribution in [2.45, 2.75) is 13.8 Å². The Bertz CT molecular complexity index is 1120. The van der Waals surface area contributed by atoms with Crippen molar-refractivity contribution in [2.24, 2.45) is 0 Å². The summed E-state index contributed by atoms with van der Waals surface area (Å²) in [7, 11) is 1.63. The summed E-state index contributed by atoms with van der Waals surface area (Å²) in [6, 6.07) is 14.0. The Hall–Kier alpha value is -2.92. The van der Waals surface area contributed by atoms with Gasteiger partial charge >= 0.3 is 0 Å². The highest BCUT2D eigenvalue weighted by Gasteiger charge is 2.19. The Labute approximate surface area is 155 Å².